The van der Waals surface area contributed by atoms with Crippen molar-refractivity contribution in [1.29, 1.82) is 0 Å². The first-order chi connectivity index (χ1) is 8.36. The molecule has 1 atom stereocenters. The van der Waals surface area contributed by atoms with Gasteiger partial charge in [0.2, 0.25) is 0 Å². The fourth-order valence-electron chi connectivity index (χ4n) is 2.39. The van der Waals surface area contributed by atoms with Gasteiger partial charge in [0.05, 0.1) is 6.54 Å². The summed E-state index contributed by atoms with van der Waals surface area (Å²) in [5.41, 5.74) is 4.30. The van der Waals surface area contributed by atoms with Crippen LogP contribution in [0.3, 0.4) is 0 Å². The van der Waals surface area contributed by atoms with Crippen LogP contribution in [0.5, 0.6) is 0 Å². The van der Waals surface area contributed by atoms with E-state index < -0.39 is 0 Å². The van der Waals surface area contributed by atoms with Crippen molar-refractivity contribution >= 4 is 5.78 Å². The first kappa shape index (κ1) is 14.9. The molecular weight excluding hydrogens is 222 g/mol. The first-order valence-electron chi connectivity index (χ1n) is 6.68. The molecule has 0 saturated heterocycles. The van der Waals surface area contributed by atoms with Crippen molar-refractivity contribution in [2.45, 2.75) is 47.1 Å². The number of hydrogen-bond acceptors (Lipinski definition) is 2. The number of nitrogens with zero attached hydrogens (tertiary/aromatic N) is 1. The Labute approximate surface area is 111 Å². The van der Waals surface area contributed by atoms with Crippen molar-refractivity contribution in [3.63, 3.8) is 0 Å². The second kappa shape index (κ2) is 6.14. The monoisotopic (exact) mass is 247 g/mol. The predicted molar refractivity (Wildman–Crippen MR) is 77.4 cm³/mol. The summed E-state index contributed by atoms with van der Waals surface area (Å²) in [6.07, 6.45) is 1.07. The Morgan fingerprint density at radius 1 is 1.22 bits per heavy atom. The summed E-state index contributed by atoms with van der Waals surface area (Å²) in [6.45, 7) is 10.9. The molecular formula is C16H25NO. The van der Waals surface area contributed by atoms with Gasteiger partial charge in [-0.05, 0) is 52.3 Å². The van der Waals surface area contributed by atoms with Crippen LogP contribution in [0.15, 0.2) is 12.1 Å². The molecule has 0 fully saturated rings. The molecule has 18 heavy (non-hydrogen) atoms. The molecule has 0 saturated carbocycles. The molecule has 1 rings (SSSR count). The highest BCUT2D eigenvalue weighted by molar-refractivity contribution is 6.00. The first-order valence-corrected chi connectivity index (χ1v) is 6.68. The summed E-state index contributed by atoms with van der Waals surface area (Å²) in [4.78, 5) is 14.5. The average molecular weight is 247 g/mol. The highest BCUT2D eigenvalue weighted by atomic mass is 16.1. The number of hydrogen-bond donors (Lipinski definition) is 0. The van der Waals surface area contributed by atoms with E-state index in [2.05, 4.69) is 37.8 Å². The highest BCUT2D eigenvalue weighted by Gasteiger charge is 2.16. The van der Waals surface area contributed by atoms with Gasteiger partial charge < -0.3 is 0 Å². The van der Waals surface area contributed by atoms with Gasteiger partial charge in [0.25, 0.3) is 0 Å². The molecule has 0 bridgehead atoms. The highest BCUT2D eigenvalue weighted by Crippen LogP contribution is 2.17. The average Bonchev–Trinajstić information content (AvgIpc) is 2.26. The Kier molecular flexibility index (Phi) is 5.09. The zero-order valence-corrected chi connectivity index (χ0v) is 12.5. The minimum Gasteiger partial charge on any atom is -0.296 e. The molecule has 0 spiro atoms. The summed E-state index contributed by atoms with van der Waals surface area (Å²) in [7, 11) is 2.02. The van der Waals surface area contributed by atoms with Crippen LogP contribution in [0.1, 0.15) is 47.3 Å². The largest absolute Gasteiger partial charge is 0.296 e. The van der Waals surface area contributed by atoms with Crippen molar-refractivity contribution in [3.8, 4) is 0 Å². The fourth-order valence-corrected chi connectivity index (χ4v) is 2.39. The SMILES string of the molecule is CCC(C)N(C)CC(=O)c1c(C)cc(C)cc1C. The lowest BCUT2D eigenvalue weighted by Crippen LogP contribution is -2.34. The molecule has 100 valence electrons. The molecule has 0 aliphatic carbocycles. The van der Waals surface area contributed by atoms with E-state index in [1.54, 1.807) is 0 Å². The topological polar surface area (TPSA) is 20.3 Å². The minimum atomic E-state index is 0.229. The Morgan fingerprint density at radius 2 is 1.72 bits per heavy atom. The number of aryl methyl sites for hydroxylation is 3. The van der Waals surface area contributed by atoms with Gasteiger partial charge in [-0.25, -0.2) is 0 Å². The molecule has 0 amide bonds. The molecule has 0 aliphatic heterocycles. The maximum Gasteiger partial charge on any atom is 0.177 e. The minimum absolute atomic E-state index is 0.229. The van der Waals surface area contributed by atoms with Crippen molar-refractivity contribution in [1.82, 2.24) is 4.90 Å². The van der Waals surface area contributed by atoms with Crippen molar-refractivity contribution < 1.29 is 4.79 Å². The summed E-state index contributed by atoms with van der Waals surface area (Å²) in [5.74, 6) is 0.229. The van der Waals surface area contributed by atoms with Gasteiger partial charge in [0, 0.05) is 11.6 Å². The summed E-state index contributed by atoms with van der Waals surface area (Å²) < 4.78 is 0. The molecule has 2 heteroatoms. The van der Waals surface area contributed by atoms with Gasteiger partial charge in [-0.15, -0.1) is 0 Å². The zero-order valence-electron chi connectivity index (χ0n) is 12.5. The van der Waals surface area contributed by atoms with Gasteiger partial charge in [-0.2, -0.15) is 0 Å². The fraction of sp³-hybridized carbons (Fsp3) is 0.562. The van der Waals surface area contributed by atoms with Crippen LogP contribution in [0.25, 0.3) is 0 Å². The standard InChI is InChI=1S/C16H25NO/c1-7-14(5)17(6)10-15(18)16-12(3)8-11(2)9-13(16)4/h8-9,14H,7,10H2,1-6H3. The summed E-state index contributed by atoms with van der Waals surface area (Å²) in [6, 6.07) is 4.62. The molecule has 1 aromatic rings. The normalized spacial score (nSPS) is 12.8. The molecule has 0 N–H and O–H groups in total. The van der Waals surface area contributed by atoms with E-state index in [1.807, 2.05) is 20.9 Å². The molecule has 0 radical (unpaired) electrons. The van der Waals surface area contributed by atoms with Crippen molar-refractivity contribution in [2.75, 3.05) is 13.6 Å². The lowest BCUT2D eigenvalue weighted by Gasteiger charge is -2.23. The van der Waals surface area contributed by atoms with E-state index in [4.69, 9.17) is 0 Å². The van der Waals surface area contributed by atoms with Crippen LogP contribution < -0.4 is 0 Å². The second-order valence-corrected chi connectivity index (χ2v) is 5.37. The van der Waals surface area contributed by atoms with Gasteiger partial charge in [-0.1, -0.05) is 24.6 Å². The van der Waals surface area contributed by atoms with E-state index in [1.165, 1.54) is 5.56 Å². The number of carbonyl (C=O) groups excluding carboxylic acids is 1. The van der Waals surface area contributed by atoms with E-state index in [-0.39, 0.29) is 5.78 Å². The molecule has 0 aliphatic rings. The van der Waals surface area contributed by atoms with Crippen LogP contribution in [0, 0.1) is 20.8 Å². The smallest absolute Gasteiger partial charge is 0.177 e. The second-order valence-electron chi connectivity index (χ2n) is 5.37. The molecule has 2 nitrogen and oxygen atoms in total. The number of likely N-dealkylation sites (N-methyl/N-ethyl adjacent to an activating group) is 1. The summed E-state index contributed by atoms with van der Waals surface area (Å²) in [5, 5.41) is 0. The lowest BCUT2D eigenvalue weighted by molar-refractivity contribution is 0.0922. The Hall–Kier alpha value is -1.15. The third kappa shape index (κ3) is 3.42. The Bertz CT molecular complexity index is 414. The number of rotatable bonds is 5. The third-order valence-electron chi connectivity index (χ3n) is 3.69. The van der Waals surface area contributed by atoms with Crippen LogP contribution in [0.2, 0.25) is 0 Å². The van der Waals surface area contributed by atoms with E-state index in [0.29, 0.717) is 12.6 Å². The maximum absolute atomic E-state index is 12.4. The number of carbonyl (C=O) groups is 1. The number of benzene rings is 1. The predicted octanol–water partition coefficient (Wildman–Crippen LogP) is 3.52. The summed E-state index contributed by atoms with van der Waals surface area (Å²) >= 11 is 0. The molecule has 0 aromatic heterocycles. The van der Waals surface area contributed by atoms with E-state index >= 15 is 0 Å². The quantitative estimate of drug-likeness (QED) is 0.742. The van der Waals surface area contributed by atoms with Crippen molar-refractivity contribution in [3.05, 3.63) is 34.4 Å². The van der Waals surface area contributed by atoms with E-state index in [0.717, 1.165) is 23.1 Å². The number of Topliss-reactive ketones (excluding diaryl/α,β-unsaturated/α-hetero) is 1. The van der Waals surface area contributed by atoms with Gasteiger partial charge >= 0.3 is 0 Å². The third-order valence-corrected chi connectivity index (χ3v) is 3.69. The number of ketones is 1. The van der Waals surface area contributed by atoms with Gasteiger partial charge in [0.15, 0.2) is 5.78 Å². The Morgan fingerprint density at radius 3 is 2.17 bits per heavy atom. The zero-order chi connectivity index (χ0) is 13.9. The molecule has 0 heterocycles. The van der Waals surface area contributed by atoms with Crippen LogP contribution in [-0.2, 0) is 0 Å². The lowest BCUT2D eigenvalue weighted by atomic mass is 9.96. The van der Waals surface area contributed by atoms with Gasteiger partial charge in [0.1, 0.15) is 0 Å². The Balaban J connectivity index is 2.92. The van der Waals surface area contributed by atoms with Crippen molar-refractivity contribution in [2.24, 2.45) is 0 Å². The van der Waals surface area contributed by atoms with Crippen LogP contribution in [0.4, 0.5) is 0 Å². The molecule has 1 aromatic carbocycles. The van der Waals surface area contributed by atoms with Crippen LogP contribution >= 0.6 is 0 Å². The van der Waals surface area contributed by atoms with Crippen LogP contribution in [-0.4, -0.2) is 30.3 Å². The van der Waals surface area contributed by atoms with E-state index in [9.17, 15) is 4.79 Å². The van der Waals surface area contributed by atoms with Gasteiger partial charge in [-0.3, -0.25) is 9.69 Å². The molecule has 1 unspecified atom stereocenters. The maximum atomic E-state index is 12.4.